The molecule has 0 spiro atoms. The highest BCUT2D eigenvalue weighted by Crippen LogP contribution is 2.25. The summed E-state index contributed by atoms with van der Waals surface area (Å²) in [6.45, 7) is 4.99. The van der Waals surface area contributed by atoms with Gasteiger partial charge in [0.15, 0.2) is 0 Å². The molecule has 0 aliphatic carbocycles. The maximum atomic E-state index is 13.2. The zero-order chi connectivity index (χ0) is 17.8. The van der Waals surface area contributed by atoms with Crippen molar-refractivity contribution in [2.75, 3.05) is 13.7 Å². The lowest BCUT2D eigenvalue weighted by Gasteiger charge is -2.20. The Morgan fingerprint density at radius 1 is 1.16 bits per heavy atom. The lowest BCUT2D eigenvalue weighted by atomic mass is 10.2. The number of nitrogens with zero attached hydrogens (tertiary/aromatic N) is 2. The first-order valence-electron chi connectivity index (χ1n) is 8.55. The molecule has 1 aromatic heterocycles. The maximum Gasteiger partial charge on any atom is 0.266 e. The third-order valence-electron chi connectivity index (χ3n) is 4.22. The van der Waals surface area contributed by atoms with Crippen LogP contribution in [0.3, 0.4) is 0 Å². The molecule has 130 valence electrons. The highest BCUT2D eigenvalue weighted by molar-refractivity contribution is 5.78. The lowest BCUT2D eigenvalue weighted by Crippen LogP contribution is -2.30. The van der Waals surface area contributed by atoms with Crippen molar-refractivity contribution in [1.29, 1.82) is 0 Å². The monoisotopic (exact) mass is 337 g/mol. The Bertz CT molecular complexity index is 934. The number of hydrogen-bond donors (Lipinski definition) is 1. The molecule has 3 aromatic rings. The molecule has 0 fully saturated rings. The summed E-state index contributed by atoms with van der Waals surface area (Å²) in [6.07, 6.45) is 1.01. The first kappa shape index (κ1) is 17.2. The number of aromatic nitrogens is 2. The van der Waals surface area contributed by atoms with E-state index in [1.807, 2.05) is 55.5 Å². The van der Waals surface area contributed by atoms with Crippen molar-refractivity contribution in [2.45, 2.75) is 26.3 Å². The van der Waals surface area contributed by atoms with Gasteiger partial charge in [0.2, 0.25) is 0 Å². The van der Waals surface area contributed by atoms with E-state index >= 15 is 0 Å². The molecule has 1 heterocycles. The molecule has 0 radical (unpaired) electrons. The molecule has 0 unspecified atom stereocenters. The van der Waals surface area contributed by atoms with Crippen molar-refractivity contribution >= 4 is 10.9 Å². The van der Waals surface area contributed by atoms with E-state index in [0.717, 1.165) is 13.0 Å². The van der Waals surface area contributed by atoms with Crippen molar-refractivity contribution in [2.24, 2.45) is 0 Å². The normalized spacial score (nSPS) is 12.3. The minimum absolute atomic E-state index is 0.0674. The third-order valence-corrected chi connectivity index (χ3v) is 4.22. The van der Waals surface area contributed by atoms with E-state index in [9.17, 15) is 4.79 Å². The van der Waals surface area contributed by atoms with Crippen LogP contribution in [0, 0.1) is 0 Å². The summed E-state index contributed by atoms with van der Waals surface area (Å²) < 4.78 is 7.14. The van der Waals surface area contributed by atoms with Gasteiger partial charge < -0.3 is 10.1 Å². The summed E-state index contributed by atoms with van der Waals surface area (Å²) in [6, 6.07) is 14.9. The van der Waals surface area contributed by atoms with Gasteiger partial charge in [0, 0.05) is 0 Å². The molecule has 2 aromatic carbocycles. The fourth-order valence-electron chi connectivity index (χ4n) is 2.94. The minimum Gasteiger partial charge on any atom is -0.495 e. The number of fused-ring (bicyclic) bond motifs is 1. The molecular formula is C20H23N3O2. The van der Waals surface area contributed by atoms with E-state index in [0.29, 0.717) is 28.2 Å². The second kappa shape index (κ2) is 7.49. The first-order valence-corrected chi connectivity index (χ1v) is 8.55. The topological polar surface area (TPSA) is 56.2 Å². The zero-order valence-corrected chi connectivity index (χ0v) is 14.8. The summed E-state index contributed by atoms with van der Waals surface area (Å²) in [5.74, 6) is 1.33. The van der Waals surface area contributed by atoms with Crippen molar-refractivity contribution in [3.63, 3.8) is 0 Å². The molecule has 1 atom stereocenters. The predicted molar refractivity (Wildman–Crippen MR) is 101 cm³/mol. The number of rotatable bonds is 6. The summed E-state index contributed by atoms with van der Waals surface area (Å²) in [7, 11) is 1.61. The Morgan fingerprint density at radius 3 is 2.64 bits per heavy atom. The van der Waals surface area contributed by atoms with Crippen LogP contribution >= 0.6 is 0 Å². The first-order chi connectivity index (χ1) is 12.2. The zero-order valence-electron chi connectivity index (χ0n) is 14.8. The summed E-state index contributed by atoms with van der Waals surface area (Å²) >= 11 is 0. The highest BCUT2D eigenvalue weighted by atomic mass is 16.5. The van der Waals surface area contributed by atoms with E-state index in [1.54, 1.807) is 11.7 Å². The van der Waals surface area contributed by atoms with Crippen molar-refractivity contribution in [3.8, 4) is 11.4 Å². The Hall–Kier alpha value is -2.66. The van der Waals surface area contributed by atoms with Gasteiger partial charge in [0.25, 0.3) is 5.56 Å². The van der Waals surface area contributed by atoms with Crippen molar-refractivity contribution in [3.05, 3.63) is 64.7 Å². The Balaban J connectivity index is 2.31. The summed E-state index contributed by atoms with van der Waals surface area (Å²) in [5, 5.41) is 4.02. The highest BCUT2D eigenvalue weighted by Gasteiger charge is 2.19. The maximum absolute atomic E-state index is 13.2. The Labute approximate surface area is 147 Å². The third kappa shape index (κ3) is 3.28. The molecule has 0 aliphatic rings. The van der Waals surface area contributed by atoms with Crippen LogP contribution < -0.4 is 15.6 Å². The van der Waals surface area contributed by atoms with Gasteiger partial charge in [0.1, 0.15) is 11.6 Å². The second-order valence-electron chi connectivity index (χ2n) is 5.98. The van der Waals surface area contributed by atoms with E-state index < -0.39 is 0 Å². The quantitative estimate of drug-likeness (QED) is 0.748. The largest absolute Gasteiger partial charge is 0.495 e. The number of methoxy groups -OCH3 is 1. The van der Waals surface area contributed by atoms with Crippen LogP contribution in [0.2, 0.25) is 0 Å². The van der Waals surface area contributed by atoms with Gasteiger partial charge in [0.05, 0.1) is 29.7 Å². The Morgan fingerprint density at radius 2 is 1.88 bits per heavy atom. The molecule has 0 aliphatic heterocycles. The van der Waals surface area contributed by atoms with Gasteiger partial charge in [-0.05, 0) is 44.2 Å². The van der Waals surface area contributed by atoms with E-state index in [4.69, 9.17) is 9.72 Å². The molecule has 5 nitrogen and oxygen atoms in total. The van der Waals surface area contributed by atoms with Crippen LogP contribution in [0.15, 0.2) is 53.3 Å². The average molecular weight is 337 g/mol. The molecule has 0 amide bonds. The standard InChI is InChI=1S/C20H23N3O2/c1-4-13-21-14(2)19-22-16-10-6-5-9-15(16)20(24)23(19)17-11-7-8-12-18(17)25-3/h5-12,14,21H,4,13H2,1-3H3/t14-/m1/s1. The fourth-order valence-corrected chi connectivity index (χ4v) is 2.94. The summed E-state index contributed by atoms with van der Waals surface area (Å²) in [4.78, 5) is 18.0. The van der Waals surface area contributed by atoms with Gasteiger partial charge in [-0.3, -0.25) is 9.36 Å². The van der Waals surface area contributed by atoms with Crippen molar-refractivity contribution in [1.82, 2.24) is 14.9 Å². The average Bonchev–Trinajstić information content (AvgIpc) is 2.66. The Kier molecular flexibility index (Phi) is 5.14. The number of hydrogen-bond acceptors (Lipinski definition) is 4. The molecule has 0 saturated heterocycles. The molecule has 0 saturated carbocycles. The van der Waals surface area contributed by atoms with E-state index in [-0.39, 0.29) is 11.6 Å². The van der Waals surface area contributed by atoms with Crippen molar-refractivity contribution < 1.29 is 4.74 Å². The molecule has 3 rings (SSSR count). The molecular weight excluding hydrogens is 314 g/mol. The number of benzene rings is 2. The van der Waals surface area contributed by atoms with E-state index in [1.165, 1.54) is 0 Å². The summed E-state index contributed by atoms with van der Waals surface area (Å²) in [5.41, 5.74) is 1.32. The van der Waals surface area contributed by atoms with Crippen LogP contribution in [0.5, 0.6) is 5.75 Å². The van der Waals surface area contributed by atoms with Gasteiger partial charge in [-0.2, -0.15) is 0 Å². The minimum atomic E-state index is -0.0877. The van der Waals surface area contributed by atoms with Crippen LogP contribution in [0.25, 0.3) is 16.6 Å². The van der Waals surface area contributed by atoms with Crippen LogP contribution in [0.4, 0.5) is 0 Å². The number of ether oxygens (including phenoxy) is 1. The molecule has 1 N–H and O–H groups in total. The lowest BCUT2D eigenvalue weighted by molar-refractivity contribution is 0.411. The number of para-hydroxylation sites is 3. The van der Waals surface area contributed by atoms with Gasteiger partial charge in [-0.1, -0.05) is 31.2 Å². The molecule has 25 heavy (non-hydrogen) atoms. The smallest absolute Gasteiger partial charge is 0.266 e. The van der Waals surface area contributed by atoms with Gasteiger partial charge in [-0.15, -0.1) is 0 Å². The fraction of sp³-hybridized carbons (Fsp3) is 0.300. The van der Waals surface area contributed by atoms with E-state index in [2.05, 4.69) is 12.2 Å². The van der Waals surface area contributed by atoms with Crippen LogP contribution in [-0.2, 0) is 0 Å². The molecule has 0 bridgehead atoms. The van der Waals surface area contributed by atoms with Gasteiger partial charge >= 0.3 is 0 Å². The van der Waals surface area contributed by atoms with Gasteiger partial charge in [-0.25, -0.2) is 4.98 Å². The SMILES string of the molecule is CCCN[C@H](C)c1nc2ccccc2c(=O)n1-c1ccccc1OC. The van der Waals surface area contributed by atoms with Crippen LogP contribution in [0.1, 0.15) is 32.1 Å². The second-order valence-corrected chi connectivity index (χ2v) is 5.98. The number of nitrogens with one attached hydrogen (secondary N) is 1. The molecule has 5 heteroatoms. The van der Waals surface area contributed by atoms with Crippen LogP contribution in [-0.4, -0.2) is 23.2 Å². The predicted octanol–water partition coefficient (Wildman–Crippen LogP) is 3.45.